The Hall–Kier alpha value is -1.45. The van der Waals surface area contributed by atoms with Gasteiger partial charge in [-0.2, -0.15) is 0 Å². The minimum absolute atomic E-state index is 0.204. The van der Waals surface area contributed by atoms with Crippen LogP contribution in [0.5, 0.6) is 0 Å². The molecule has 0 unspecified atom stereocenters. The maximum absolute atomic E-state index is 6.12. The Morgan fingerprint density at radius 2 is 1.89 bits per heavy atom. The molecule has 0 fully saturated rings. The zero-order valence-electron chi connectivity index (χ0n) is 11.7. The topological polar surface area (TPSA) is 48.1 Å². The zero-order chi connectivity index (χ0) is 13.7. The number of nitrogens with two attached hydrogens (primary N) is 1. The second kappa shape index (κ2) is 6.13. The van der Waals surface area contributed by atoms with Crippen molar-refractivity contribution in [3.63, 3.8) is 0 Å². The second-order valence-corrected chi connectivity index (χ2v) is 4.87. The molecule has 0 aliphatic heterocycles. The molecule has 2 N–H and O–H groups in total. The molecule has 0 aliphatic carbocycles. The lowest BCUT2D eigenvalue weighted by Gasteiger charge is -2.30. The Morgan fingerprint density at radius 1 is 1.16 bits per heavy atom. The first-order valence-corrected chi connectivity index (χ1v) is 6.91. The van der Waals surface area contributed by atoms with Crippen LogP contribution in [-0.2, 0) is 11.3 Å². The van der Waals surface area contributed by atoms with E-state index in [1.165, 1.54) is 5.56 Å². The molecule has 3 heteroatoms. The van der Waals surface area contributed by atoms with Gasteiger partial charge in [0.15, 0.2) is 0 Å². The van der Waals surface area contributed by atoms with Crippen LogP contribution in [0.15, 0.2) is 36.5 Å². The molecule has 1 aromatic carbocycles. The molecule has 2 aromatic rings. The minimum atomic E-state index is -0.204. The van der Waals surface area contributed by atoms with Crippen molar-refractivity contribution in [2.24, 2.45) is 5.73 Å². The SMILES string of the molecule is CCC(CC)(CN)OCc1ccnc2ccccc12. The third-order valence-electron chi connectivity index (χ3n) is 3.93. The van der Waals surface area contributed by atoms with Crippen molar-refractivity contribution in [1.82, 2.24) is 4.98 Å². The van der Waals surface area contributed by atoms with Crippen molar-refractivity contribution >= 4 is 10.9 Å². The average molecular weight is 258 g/mol. The third kappa shape index (κ3) is 2.94. The van der Waals surface area contributed by atoms with Gasteiger partial charge in [0.25, 0.3) is 0 Å². The lowest BCUT2D eigenvalue weighted by atomic mass is 9.97. The fourth-order valence-corrected chi connectivity index (χ4v) is 2.31. The molecule has 0 spiro atoms. The van der Waals surface area contributed by atoms with Gasteiger partial charge in [-0.1, -0.05) is 32.0 Å². The van der Waals surface area contributed by atoms with Crippen LogP contribution >= 0.6 is 0 Å². The van der Waals surface area contributed by atoms with Crippen molar-refractivity contribution in [1.29, 1.82) is 0 Å². The van der Waals surface area contributed by atoms with E-state index in [0.29, 0.717) is 13.2 Å². The molecule has 3 nitrogen and oxygen atoms in total. The van der Waals surface area contributed by atoms with Crippen LogP contribution in [0.2, 0.25) is 0 Å². The van der Waals surface area contributed by atoms with Crippen molar-refractivity contribution in [2.45, 2.75) is 38.9 Å². The summed E-state index contributed by atoms with van der Waals surface area (Å²) < 4.78 is 6.12. The fraction of sp³-hybridized carbons (Fsp3) is 0.438. The highest BCUT2D eigenvalue weighted by atomic mass is 16.5. The van der Waals surface area contributed by atoms with Crippen LogP contribution in [0.25, 0.3) is 10.9 Å². The standard InChI is InChI=1S/C16H22N2O/c1-3-16(4-2,12-17)19-11-13-9-10-18-15-8-6-5-7-14(13)15/h5-10H,3-4,11-12,17H2,1-2H3. The molecule has 0 saturated carbocycles. The predicted octanol–water partition coefficient (Wildman–Crippen LogP) is 3.27. The molecule has 0 bridgehead atoms. The Labute approximate surface area is 114 Å². The van der Waals surface area contributed by atoms with Gasteiger partial charge in [0.05, 0.1) is 17.7 Å². The van der Waals surface area contributed by atoms with E-state index in [1.807, 2.05) is 30.5 Å². The summed E-state index contributed by atoms with van der Waals surface area (Å²) in [7, 11) is 0. The number of pyridine rings is 1. The first-order chi connectivity index (χ1) is 9.24. The van der Waals surface area contributed by atoms with Gasteiger partial charge in [0.2, 0.25) is 0 Å². The van der Waals surface area contributed by atoms with Gasteiger partial charge in [-0.25, -0.2) is 0 Å². The summed E-state index contributed by atoms with van der Waals surface area (Å²) >= 11 is 0. The van der Waals surface area contributed by atoms with E-state index >= 15 is 0 Å². The largest absolute Gasteiger partial charge is 0.369 e. The molecule has 0 radical (unpaired) electrons. The quantitative estimate of drug-likeness (QED) is 0.865. The number of hydrogen-bond acceptors (Lipinski definition) is 3. The molecule has 1 aromatic heterocycles. The maximum atomic E-state index is 6.12. The predicted molar refractivity (Wildman–Crippen MR) is 78.9 cm³/mol. The van der Waals surface area contributed by atoms with Crippen LogP contribution in [0.1, 0.15) is 32.3 Å². The maximum Gasteiger partial charge on any atom is 0.0803 e. The number of ether oxygens (including phenoxy) is 1. The number of nitrogens with zero attached hydrogens (tertiary/aromatic N) is 1. The van der Waals surface area contributed by atoms with Crippen LogP contribution in [0, 0.1) is 0 Å². The summed E-state index contributed by atoms with van der Waals surface area (Å²) in [5.74, 6) is 0. The number of rotatable bonds is 6. The molecular weight excluding hydrogens is 236 g/mol. The highest BCUT2D eigenvalue weighted by molar-refractivity contribution is 5.81. The van der Waals surface area contributed by atoms with Crippen molar-refractivity contribution in [2.75, 3.05) is 6.54 Å². The van der Waals surface area contributed by atoms with Crippen molar-refractivity contribution in [3.8, 4) is 0 Å². The summed E-state index contributed by atoms with van der Waals surface area (Å²) in [6.45, 7) is 5.40. The molecular formula is C16H22N2O. The normalized spacial score (nSPS) is 11.9. The molecule has 19 heavy (non-hydrogen) atoms. The molecule has 0 atom stereocenters. The van der Waals surface area contributed by atoms with Crippen LogP contribution in [0.4, 0.5) is 0 Å². The summed E-state index contributed by atoms with van der Waals surface area (Å²) in [6.07, 6.45) is 3.70. The lowest BCUT2D eigenvalue weighted by Crippen LogP contribution is -2.39. The number of hydrogen-bond donors (Lipinski definition) is 1. The van der Waals surface area contributed by atoms with Gasteiger partial charge >= 0.3 is 0 Å². The molecule has 0 saturated heterocycles. The summed E-state index contributed by atoms with van der Waals surface area (Å²) in [6, 6.07) is 10.2. The van der Waals surface area contributed by atoms with E-state index in [-0.39, 0.29) is 5.60 Å². The summed E-state index contributed by atoms with van der Waals surface area (Å²) in [4.78, 5) is 4.37. The lowest BCUT2D eigenvalue weighted by molar-refractivity contribution is -0.0549. The number of benzene rings is 1. The van der Waals surface area contributed by atoms with E-state index in [9.17, 15) is 0 Å². The monoisotopic (exact) mass is 258 g/mol. The molecule has 0 aliphatic rings. The Balaban J connectivity index is 2.22. The first kappa shape index (κ1) is 14.0. The van der Waals surface area contributed by atoms with Crippen LogP contribution < -0.4 is 5.73 Å². The Morgan fingerprint density at radius 3 is 2.58 bits per heavy atom. The summed E-state index contributed by atoms with van der Waals surface area (Å²) in [5, 5.41) is 1.16. The van der Waals surface area contributed by atoms with E-state index in [0.717, 1.165) is 23.7 Å². The minimum Gasteiger partial charge on any atom is -0.369 e. The van der Waals surface area contributed by atoms with Crippen LogP contribution in [-0.4, -0.2) is 17.1 Å². The van der Waals surface area contributed by atoms with E-state index in [4.69, 9.17) is 10.5 Å². The van der Waals surface area contributed by atoms with Crippen molar-refractivity contribution in [3.05, 3.63) is 42.1 Å². The van der Waals surface area contributed by atoms with Gasteiger partial charge < -0.3 is 10.5 Å². The third-order valence-corrected chi connectivity index (χ3v) is 3.93. The number of aromatic nitrogens is 1. The van der Waals surface area contributed by atoms with Crippen molar-refractivity contribution < 1.29 is 4.74 Å². The van der Waals surface area contributed by atoms with Gasteiger partial charge in [0.1, 0.15) is 0 Å². The second-order valence-electron chi connectivity index (χ2n) is 4.87. The smallest absolute Gasteiger partial charge is 0.0803 e. The average Bonchev–Trinajstić information content (AvgIpc) is 2.49. The Bertz CT molecular complexity index is 522. The van der Waals surface area contributed by atoms with Gasteiger partial charge in [-0.05, 0) is 30.5 Å². The van der Waals surface area contributed by atoms with Crippen LogP contribution in [0.3, 0.4) is 0 Å². The van der Waals surface area contributed by atoms with E-state index < -0.39 is 0 Å². The molecule has 2 rings (SSSR count). The van der Waals surface area contributed by atoms with E-state index in [2.05, 4.69) is 24.9 Å². The highest BCUT2D eigenvalue weighted by Gasteiger charge is 2.25. The van der Waals surface area contributed by atoms with Gasteiger partial charge in [-0.15, -0.1) is 0 Å². The molecule has 0 amide bonds. The van der Waals surface area contributed by atoms with Gasteiger partial charge in [0, 0.05) is 18.1 Å². The molecule has 102 valence electrons. The fourth-order valence-electron chi connectivity index (χ4n) is 2.31. The number of fused-ring (bicyclic) bond motifs is 1. The first-order valence-electron chi connectivity index (χ1n) is 6.91. The van der Waals surface area contributed by atoms with E-state index in [1.54, 1.807) is 0 Å². The highest BCUT2D eigenvalue weighted by Crippen LogP contribution is 2.23. The molecule has 1 heterocycles. The Kier molecular flexibility index (Phi) is 4.51. The zero-order valence-corrected chi connectivity index (χ0v) is 11.7. The van der Waals surface area contributed by atoms with Gasteiger partial charge in [-0.3, -0.25) is 4.98 Å². The number of para-hydroxylation sites is 1. The summed E-state index contributed by atoms with van der Waals surface area (Å²) in [5.41, 5.74) is 7.85.